The average molecular weight is 315 g/mol. The predicted molar refractivity (Wildman–Crippen MR) is 68.7 cm³/mol. The fourth-order valence-corrected chi connectivity index (χ4v) is 1.78. The molecule has 0 saturated carbocycles. The monoisotopic (exact) mass is 315 g/mol. The Balaban J connectivity index is 3.04. The van der Waals surface area contributed by atoms with Gasteiger partial charge in [-0.3, -0.25) is 4.79 Å². The van der Waals surface area contributed by atoms with Gasteiger partial charge in [0.15, 0.2) is 0 Å². The van der Waals surface area contributed by atoms with E-state index in [-0.39, 0.29) is 5.97 Å². The van der Waals surface area contributed by atoms with E-state index in [2.05, 4.69) is 29.2 Å². The quantitative estimate of drug-likeness (QED) is 0.486. The van der Waals surface area contributed by atoms with Crippen LogP contribution in [0.4, 0.5) is 0 Å². The Morgan fingerprint density at radius 3 is 2.60 bits per heavy atom. The van der Waals surface area contributed by atoms with E-state index in [0.717, 1.165) is 15.1 Å². The number of halogens is 1. The van der Waals surface area contributed by atoms with E-state index in [1.165, 1.54) is 6.92 Å². The summed E-state index contributed by atoms with van der Waals surface area (Å²) in [6.45, 7) is 7.07. The second-order valence-electron chi connectivity index (χ2n) is 3.16. The van der Waals surface area contributed by atoms with Crippen LogP contribution in [-0.4, -0.2) is 5.97 Å². The SMILES string of the molecule is C=C[C](C)c1cc(I)cc(OC(C)=O)c1. The zero-order valence-electron chi connectivity index (χ0n) is 8.71. The third-order valence-corrected chi connectivity index (χ3v) is 2.52. The lowest BCUT2D eigenvalue weighted by molar-refractivity contribution is -0.131. The van der Waals surface area contributed by atoms with Crippen molar-refractivity contribution in [3.63, 3.8) is 0 Å². The molecule has 0 N–H and O–H groups in total. The molecule has 0 aliphatic rings. The van der Waals surface area contributed by atoms with Gasteiger partial charge in [-0.1, -0.05) is 13.0 Å². The number of hydrogen-bond acceptors (Lipinski definition) is 2. The minimum atomic E-state index is -0.306. The van der Waals surface area contributed by atoms with E-state index in [1.54, 1.807) is 6.08 Å². The number of rotatable bonds is 3. The zero-order chi connectivity index (χ0) is 11.4. The lowest BCUT2D eigenvalue weighted by Crippen LogP contribution is -2.02. The number of ether oxygens (including phenoxy) is 1. The van der Waals surface area contributed by atoms with Crippen LogP contribution in [0.3, 0.4) is 0 Å². The fourth-order valence-electron chi connectivity index (χ4n) is 1.13. The first-order valence-corrected chi connectivity index (χ1v) is 5.56. The van der Waals surface area contributed by atoms with Gasteiger partial charge < -0.3 is 4.74 Å². The van der Waals surface area contributed by atoms with Crippen molar-refractivity contribution >= 4 is 28.6 Å². The van der Waals surface area contributed by atoms with Gasteiger partial charge in [-0.05, 0) is 46.4 Å². The summed E-state index contributed by atoms with van der Waals surface area (Å²) in [5, 5.41) is 0. The minimum Gasteiger partial charge on any atom is -0.427 e. The first-order chi connectivity index (χ1) is 7.02. The Morgan fingerprint density at radius 1 is 1.40 bits per heavy atom. The molecule has 0 aromatic heterocycles. The third kappa shape index (κ3) is 3.66. The summed E-state index contributed by atoms with van der Waals surface area (Å²) >= 11 is 2.19. The number of allylic oxidation sites excluding steroid dienone is 1. The minimum absolute atomic E-state index is 0.306. The molecule has 0 bridgehead atoms. The number of carbonyl (C=O) groups excluding carboxylic acids is 1. The van der Waals surface area contributed by atoms with Crippen molar-refractivity contribution in [3.05, 3.63) is 45.9 Å². The second-order valence-corrected chi connectivity index (χ2v) is 4.40. The van der Waals surface area contributed by atoms with Gasteiger partial charge in [-0.15, -0.1) is 6.58 Å². The molecule has 0 fully saturated rings. The van der Waals surface area contributed by atoms with E-state index < -0.39 is 0 Å². The van der Waals surface area contributed by atoms with Gasteiger partial charge in [0.05, 0.1) is 0 Å². The highest BCUT2D eigenvalue weighted by molar-refractivity contribution is 14.1. The maximum atomic E-state index is 10.8. The van der Waals surface area contributed by atoms with Gasteiger partial charge in [-0.2, -0.15) is 0 Å². The molecule has 0 aliphatic heterocycles. The molecule has 0 heterocycles. The lowest BCUT2D eigenvalue weighted by atomic mass is 10.0. The Morgan fingerprint density at radius 2 is 2.07 bits per heavy atom. The lowest BCUT2D eigenvalue weighted by Gasteiger charge is -2.09. The maximum Gasteiger partial charge on any atom is 0.308 e. The fraction of sp³-hybridized carbons (Fsp3) is 0.167. The number of carbonyl (C=O) groups is 1. The molecular weight excluding hydrogens is 303 g/mol. The predicted octanol–water partition coefficient (Wildman–Crippen LogP) is 3.34. The molecule has 1 aromatic rings. The molecule has 1 radical (unpaired) electrons. The molecule has 79 valence electrons. The van der Waals surface area contributed by atoms with Crippen LogP contribution < -0.4 is 4.74 Å². The Kier molecular flexibility index (Phi) is 4.32. The summed E-state index contributed by atoms with van der Waals surface area (Å²) in [7, 11) is 0. The Labute approximate surface area is 103 Å². The summed E-state index contributed by atoms with van der Waals surface area (Å²) < 4.78 is 6.07. The smallest absolute Gasteiger partial charge is 0.308 e. The summed E-state index contributed by atoms with van der Waals surface area (Å²) in [4.78, 5) is 10.8. The van der Waals surface area contributed by atoms with Crippen molar-refractivity contribution in [2.75, 3.05) is 0 Å². The molecule has 2 nitrogen and oxygen atoms in total. The topological polar surface area (TPSA) is 26.3 Å². The van der Waals surface area contributed by atoms with Crippen molar-refractivity contribution in [2.45, 2.75) is 13.8 Å². The summed E-state index contributed by atoms with van der Waals surface area (Å²) in [5.41, 5.74) is 1.02. The van der Waals surface area contributed by atoms with E-state index in [9.17, 15) is 4.79 Å². The summed E-state index contributed by atoms with van der Waals surface area (Å²) in [5.74, 6) is 1.33. The van der Waals surface area contributed by atoms with Gasteiger partial charge in [-0.25, -0.2) is 0 Å². The average Bonchev–Trinajstić information content (AvgIpc) is 2.14. The highest BCUT2D eigenvalue weighted by Crippen LogP contribution is 2.24. The van der Waals surface area contributed by atoms with Crippen LogP contribution in [0.15, 0.2) is 30.9 Å². The second kappa shape index (κ2) is 5.30. The third-order valence-electron chi connectivity index (χ3n) is 1.89. The molecular formula is C12H12IO2. The van der Waals surface area contributed by atoms with Crippen LogP contribution in [0.25, 0.3) is 0 Å². The Bertz CT molecular complexity index is 385. The molecule has 0 unspecified atom stereocenters. The van der Waals surface area contributed by atoms with Gasteiger partial charge in [0.1, 0.15) is 5.75 Å². The maximum absolute atomic E-state index is 10.8. The van der Waals surface area contributed by atoms with Crippen molar-refractivity contribution in [1.29, 1.82) is 0 Å². The molecule has 0 aliphatic carbocycles. The first-order valence-electron chi connectivity index (χ1n) is 4.48. The largest absolute Gasteiger partial charge is 0.427 e. The van der Waals surface area contributed by atoms with Gasteiger partial charge >= 0.3 is 5.97 Å². The van der Waals surface area contributed by atoms with E-state index in [0.29, 0.717) is 5.75 Å². The normalized spacial score (nSPS) is 10.1. The van der Waals surface area contributed by atoms with E-state index in [4.69, 9.17) is 4.74 Å². The van der Waals surface area contributed by atoms with E-state index in [1.807, 2.05) is 25.1 Å². The number of benzene rings is 1. The Hall–Kier alpha value is -0.840. The van der Waals surface area contributed by atoms with Crippen LogP contribution in [0.2, 0.25) is 0 Å². The molecule has 1 rings (SSSR count). The van der Waals surface area contributed by atoms with Crippen LogP contribution in [-0.2, 0) is 4.79 Å². The van der Waals surface area contributed by atoms with E-state index >= 15 is 0 Å². The van der Waals surface area contributed by atoms with Crippen LogP contribution in [0.5, 0.6) is 5.75 Å². The molecule has 3 heteroatoms. The zero-order valence-corrected chi connectivity index (χ0v) is 10.9. The molecule has 0 saturated heterocycles. The standard InChI is InChI=1S/C12H12IO2/c1-4-8(2)10-5-11(13)7-12(6-10)15-9(3)14/h4-7H,1H2,2-3H3. The van der Waals surface area contributed by atoms with Crippen LogP contribution >= 0.6 is 22.6 Å². The molecule has 1 aromatic carbocycles. The van der Waals surface area contributed by atoms with Crippen molar-refractivity contribution in [3.8, 4) is 5.75 Å². The number of hydrogen-bond donors (Lipinski definition) is 0. The van der Waals surface area contributed by atoms with Crippen LogP contribution in [0, 0.1) is 9.49 Å². The molecule has 0 amide bonds. The van der Waals surface area contributed by atoms with Gasteiger partial charge in [0.25, 0.3) is 0 Å². The van der Waals surface area contributed by atoms with Gasteiger partial charge in [0.2, 0.25) is 0 Å². The van der Waals surface area contributed by atoms with Crippen molar-refractivity contribution in [1.82, 2.24) is 0 Å². The summed E-state index contributed by atoms with van der Waals surface area (Å²) in [6, 6.07) is 5.67. The molecule has 15 heavy (non-hydrogen) atoms. The van der Waals surface area contributed by atoms with Crippen molar-refractivity contribution in [2.24, 2.45) is 0 Å². The highest BCUT2D eigenvalue weighted by Gasteiger charge is 2.06. The van der Waals surface area contributed by atoms with Crippen LogP contribution in [0.1, 0.15) is 19.4 Å². The first kappa shape index (κ1) is 12.2. The van der Waals surface area contributed by atoms with Gasteiger partial charge in [0, 0.05) is 16.4 Å². The number of esters is 1. The summed E-state index contributed by atoms with van der Waals surface area (Å²) in [6.07, 6.45) is 1.78. The highest BCUT2D eigenvalue weighted by atomic mass is 127. The molecule has 0 spiro atoms. The molecule has 0 atom stereocenters. The van der Waals surface area contributed by atoms with Crippen molar-refractivity contribution < 1.29 is 9.53 Å².